The normalized spacial score (nSPS) is 13.3. The van der Waals surface area contributed by atoms with Crippen molar-refractivity contribution < 1.29 is 17.2 Å². The summed E-state index contributed by atoms with van der Waals surface area (Å²) in [5, 5.41) is 1.20. The van der Waals surface area contributed by atoms with Crippen LogP contribution in [0.4, 0.5) is 5.69 Å². The fourth-order valence-corrected chi connectivity index (χ4v) is 3.82. The van der Waals surface area contributed by atoms with Crippen molar-refractivity contribution in [3.8, 4) is 0 Å². The molecule has 2 aromatic rings. The van der Waals surface area contributed by atoms with Gasteiger partial charge in [-0.3, -0.25) is 4.21 Å². The molecule has 2 aromatic carbocycles. The molecule has 8 heteroatoms. The van der Waals surface area contributed by atoms with Gasteiger partial charge in [0.15, 0.2) is 0 Å². The van der Waals surface area contributed by atoms with Crippen LogP contribution < -0.4 is 9.03 Å². The van der Waals surface area contributed by atoms with E-state index in [2.05, 4.69) is 0 Å². The second-order valence-electron chi connectivity index (χ2n) is 4.34. The Morgan fingerprint density at radius 3 is 2.30 bits per heavy atom. The van der Waals surface area contributed by atoms with Crippen molar-refractivity contribution in [2.24, 2.45) is 0 Å². The molecule has 0 aliphatic carbocycles. The molecular weight excluding hydrogens is 300 g/mol. The molecule has 0 aliphatic heterocycles. The van der Waals surface area contributed by atoms with Crippen LogP contribution in [0.2, 0.25) is 0 Å². The maximum absolute atomic E-state index is 12.0. The average molecular weight is 313 g/mol. The molecule has 108 valence electrons. The molecule has 0 fully saturated rings. The maximum Gasteiger partial charge on any atom is 0.251 e. The molecule has 1 N–H and O–H groups in total. The van der Waals surface area contributed by atoms with Crippen molar-refractivity contribution in [1.82, 2.24) is 4.13 Å². The number of hydrogen-bond donors (Lipinski definition) is 1. The van der Waals surface area contributed by atoms with Crippen LogP contribution in [0, 0.1) is 0 Å². The molecule has 0 saturated heterocycles. The number of fused-ring (bicyclic) bond motifs is 1. The van der Waals surface area contributed by atoms with Crippen LogP contribution in [0.25, 0.3) is 10.8 Å². The van der Waals surface area contributed by atoms with Gasteiger partial charge in [-0.25, -0.2) is 8.42 Å². The zero-order chi connectivity index (χ0) is 14.9. The van der Waals surface area contributed by atoms with Crippen molar-refractivity contribution in [2.45, 2.75) is 4.90 Å². The molecule has 1 atom stereocenters. The summed E-state index contributed by atoms with van der Waals surface area (Å²) in [6, 6.07) is 9.97. The SMILES string of the molecule is CN(C)c1cccc2c(S(=O)(=O)NS(=O)[O-])cccc12. The highest BCUT2D eigenvalue weighted by atomic mass is 32.3. The zero-order valence-corrected chi connectivity index (χ0v) is 12.5. The Bertz CT molecular complexity index is 772. The van der Waals surface area contributed by atoms with Crippen LogP contribution in [0.5, 0.6) is 0 Å². The summed E-state index contributed by atoms with van der Waals surface area (Å²) in [5.74, 6) is 0. The topological polar surface area (TPSA) is 89.5 Å². The van der Waals surface area contributed by atoms with Gasteiger partial charge in [0.1, 0.15) is 0 Å². The van der Waals surface area contributed by atoms with Gasteiger partial charge in [0, 0.05) is 41.8 Å². The third kappa shape index (κ3) is 2.83. The summed E-state index contributed by atoms with van der Waals surface area (Å²) in [6.07, 6.45) is 0. The fraction of sp³-hybridized carbons (Fsp3) is 0.167. The molecule has 2 rings (SSSR count). The Morgan fingerprint density at radius 1 is 1.10 bits per heavy atom. The highest BCUT2D eigenvalue weighted by molar-refractivity contribution is 8.00. The molecule has 0 aliphatic rings. The molecule has 0 spiro atoms. The van der Waals surface area contributed by atoms with Gasteiger partial charge in [0.2, 0.25) is 0 Å². The average Bonchev–Trinajstić information content (AvgIpc) is 2.35. The third-order valence-corrected chi connectivity index (χ3v) is 5.17. The number of anilines is 1. The van der Waals surface area contributed by atoms with E-state index in [0.29, 0.717) is 5.39 Å². The lowest BCUT2D eigenvalue weighted by atomic mass is 10.1. The number of rotatable bonds is 4. The van der Waals surface area contributed by atoms with Crippen LogP contribution in [0.15, 0.2) is 41.3 Å². The summed E-state index contributed by atoms with van der Waals surface area (Å²) in [6.45, 7) is 0. The fourth-order valence-electron chi connectivity index (χ4n) is 2.02. The molecule has 1 unspecified atom stereocenters. The van der Waals surface area contributed by atoms with E-state index in [1.165, 1.54) is 6.07 Å². The van der Waals surface area contributed by atoms with E-state index >= 15 is 0 Å². The van der Waals surface area contributed by atoms with E-state index in [1.807, 2.05) is 25.1 Å². The van der Waals surface area contributed by atoms with Gasteiger partial charge >= 0.3 is 0 Å². The number of benzene rings is 2. The van der Waals surface area contributed by atoms with Gasteiger partial charge in [0.05, 0.1) is 4.90 Å². The molecule has 6 nitrogen and oxygen atoms in total. The summed E-state index contributed by atoms with van der Waals surface area (Å²) >= 11 is -2.89. The second kappa shape index (κ2) is 5.49. The van der Waals surface area contributed by atoms with Crippen LogP contribution in [0.3, 0.4) is 0 Å². The summed E-state index contributed by atoms with van der Waals surface area (Å²) in [5.41, 5.74) is 0.850. The Hall–Kier alpha value is -1.48. The molecule has 0 heterocycles. The van der Waals surface area contributed by atoms with Crippen molar-refractivity contribution in [2.75, 3.05) is 19.0 Å². The lowest BCUT2D eigenvalue weighted by Crippen LogP contribution is -2.25. The minimum Gasteiger partial charge on any atom is -0.759 e. The van der Waals surface area contributed by atoms with Crippen LogP contribution >= 0.6 is 0 Å². The maximum atomic E-state index is 12.0. The van der Waals surface area contributed by atoms with Gasteiger partial charge < -0.3 is 9.45 Å². The van der Waals surface area contributed by atoms with E-state index in [9.17, 15) is 17.2 Å². The summed E-state index contributed by atoms with van der Waals surface area (Å²) in [7, 11) is -0.414. The van der Waals surface area contributed by atoms with Gasteiger partial charge in [-0.15, -0.1) is 4.13 Å². The van der Waals surface area contributed by atoms with Crippen molar-refractivity contribution in [1.29, 1.82) is 0 Å². The predicted octanol–water partition coefficient (Wildman–Crippen LogP) is 0.978. The van der Waals surface area contributed by atoms with Crippen molar-refractivity contribution in [3.63, 3.8) is 0 Å². The Balaban J connectivity index is 2.74. The van der Waals surface area contributed by atoms with E-state index in [4.69, 9.17) is 0 Å². The molecule has 0 radical (unpaired) electrons. The zero-order valence-electron chi connectivity index (χ0n) is 10.9. The first-order valence-electron chi connectivity index (χ1n) is 5.64. The monoisotopic (exact) mass is 313 g/mol. The molecule has 0 bridgehead atoms. The van der Waals surface area contributed by atoms with Gasteiger partial charge in [-0.05, 0) is 12.1 Å². The largest absolute Gasteiger partial charge is 0.759 e. The molecular formula is C12H13N2O4S2-. The smallest absolute Gasteiger partial charge is 0.251 e. The van der Waals surface area contributed by atoms with Gasteiger partial charge in [0.25, 0.3) is 10.0 Å². The number of nitrogens with zero attached hydrogens (tertiary/aromatic N) is 1. The standard InChI is InChI=1S/C12H14N2O4S2/c1-14(2)11-7-3-6-10-9(11)5-4-8-12(10)20(17,18)13-19(15)16/h3-8,13H,1-2H3,(H,15,16)/p-1. The third-order valence-electron chi connectivity index (χ3n) is 2.81. The van der Waals surface area contributed by atoms with E-state index in [-0.39, 0.29) is 4.90 Å². The van der Waals surface area contributed by atoms with E-state index in [0.717, 1.165) is 11.1 Å². The molecule has 0 saturated carbocycles. The molecule has 20 heavy (non-hydrogen) atoms. The lowest BCUT2D eigenvalue weighted by Gasteiger charge is -2.17. The van der Waals surface area contributed by atoms with Crippen molar-refractivity contribution in [3.05, 3.63) is 36.4 Å². The van der Waals surface area contributed by atoms with Crippen molar-refractivity contribution >= 4 is 37.7 Å². The van der Waals surface area contributed by atoms with Crippen LogP contribution in [0.1, 0.15) is 0 Å². The highest BCUT2D eigenvalue weighted by Gasteiger charge is 2.18. The first-order chi connectivity index (χ1) is 9.33. The number of nitrogens with one attached hydrogen (secondary N) is 1. The van der Waals surface area contributed by atoms with E-state index < -0.39 is 21.3 Å². The molecule has 0 amide bonds. The quantitative estimate of drug-likeness (QED) is 0.850. The summed E-state index contributed by atoms with van der Waals surface area (Å²) in [4.78, 5) is 1.79. The number of hydrogen-bond acceptors (Lipinski definition) is 5. The predicted molar refractivity (Wildman–Crippen MR) is 77.5 cm³/mol. The first kappa shape index (κ1) is 14.9. The lowest BCUT2D eigenvalue weighted by molar-refractivity contribution is 0.530. The van der Waals surface area contributed by atoms with E-state index in [1.54, 1.807) is 28.4 Å². The van der Waals surface area contributed by atoms with Crippen LogP contribution in [-0.4, -0.2) is 31.3 Å². The highest BCUT2D eigenvalue weighted by Crippen LogP contribution is 2.29. The van der Waals surface area contributed by atoms with Gasteiger partial charge in [-0.2, -0.15) is 0 Å². The van der Waals surface area contributed by atoms with Crippen LogP contribution in [-0.2, 0) is 21.3 Å². The Morgan fingerprint density at radius 2 is 1.70 bits per heavy atom. The first-order valence-corrected chi connectivity index (χ1v) is 8.19. The van der Waals surface area contributed by atoms with Gasteiger partial charge in [-0.1, -0.05) is 24.3 Å². The molecule has 0 aromatic heterocycles. The Kier molecular flexibility index (Phi) is 4.09. The number of sulfonamides is 1. The minimum atomic E-state index is -4.11. The Labute approximate surface area is 119 Å². The second-order valence-corrected chi connectivity index (χ2v) is 6.93. The summed E-state index contributed by atoms with van der Waals surface area (Å²) < 4.78 is 46.8. The minimum absolute atomic E-state index is 0.0668.